The molecule has 19 heavy (non-hydrogen) atoms. The molecule has 0 saturated carbocycles. The van der Waals surface area contributed by atoms with Gasteiger partial charge in [-0.15, -0.1) is 0 Å². The van der Waals surface area contributed by atoms with E-state index in [1.54, 1.807) is 0 Å². The summed E-state index contributed by atoms with van der Waals surface area (Å²) in [5.41, 5.74) is 2.84. The van der Waals surface area contributed by atoms with Crippen molar-refractivity contribution in [2.24, 2.45) is 5.73 Å². The zero-order valence-corrected chi connectivity index (χ0v) is 10.3. The van der Waals surface area contributed by atoms with Gasteiger partial charge in [0.15, 0.2) is 23.3 Å². The molecule has 3 nitrogen and oxygen atoms in total. The normalized spacial score (nSPS) is 15.9. The van der Waals surface area contributed by atoms with Gasteiger partial charge in [0, 0.05) is 11.6 Å². The van der Waals surface area contributed by atoms with Crippen LogP contribution in [0, 0.1) is 23.3 Å². The molecule has 0 heterocycles. The Morgan fingerprint density at radius 3 is 2.11 bits per heavy atom. The Morgan fingerprint density at radius 1 is 1.32 bits per heavy atom. The van der Waals surface area contributed by atoms with E-state index in [2.05, 4.69) is 0 Å². The van der Waals surface area contributed by atoms with E-state index in [-0.39, 0.29) is 12.5 Å². The number of rotatable bonds is 4. The van der Waals surface area contributed by atoms with Crippen LogP contribution in [0.1, 0.15) is 31.7 Å². The summed E-state index contributed by atoms with van der Waals surface area (Å²) in [6, 6.07) is 0.0969. The first-order chi connectivity index (χ1) is 8.58. The van der Waals surface area contributed by atoms with Crippen molar-refractivity contribution in [3.05, 3.63) is 34.9 Å². The number of hydrogen-bond donors (Lipinski definition) is 2. The molecule has 0 aliphatic heterocycles. The maximum absolute atomic E-state index is 13.5. The third-order valence-corrected chi connectivity index (χ3v) is 2.86. The number of halogens is 4. The largest absolute Gasteiger partial charge is 0.480 e. The molecule has 1 aromatic carbocycles. The van der Waals surface area contributed by atoms with E-state index in [0.29, 0.717) is 0 Å². The summed E-state index contributed by atoms with van der Waals surface area (Å²) in [7, 11) is 0. The molecular weight excluding hydrogens is 266 g/mol. The standard InChI is InChI=1S/C12H13F4NO2/c1-5(4-12(2,17)11(18)19)8-9(15)6(13)3-7(14)10(8)16/h3,5H,4,17H2,1-2H3,(H,18,19). The number of benzene rings is 1. The molecule has 106 valence electrons. The molecule has 0 aliphatic rings. The lowest BCUT2D eigenvalue weighted by atomic mass is 9.86. The van der Waals surface area contributed by atoms with Gasteiger partial charge in [0.05, 0.1) is 0 Å². The minimum absolute atomic E-state index is 0.0969. The van der Waals surface area contributed by atoms with Crippen LogP contribution < -0.4 is 5.73 Å². The van der Waals surface area contributed by atoms with Gasteiger partial charge in [-0.3, -0.25) is 4.79 Å². The molecule has 0 saturated heterocycles. The molecule has 0 aliphatic carbocycles. The minimum atomic E-state index is -1.76. The Bertz CT molecular complexity index is 491. The van der Waals surface area contributed by atoms with Crippen LogP contribution in [0.3, 0.4) is 0 Å². The highest BCUT2D eigenvalue weighted by Crippen LogP contribution is 2.31. The van der Waals surface area contributed by atoms with Gasteiger partial charge in [0.2, 0.25) is 0 Å². The van der Waals surface area contributed by atoms with Crippen molar-refractivity contribution in [1.82, 2.24) is 0 Å². The maximum Gasteiger partial charge on any atom is 0.323 e. The van der Waals surface area contributed by atoms with Crippen LogP contribution in [-0.2, 0) is 4.79 Å². The Labute approximate surface area is 107 Å². The van der Waals surface area contributed by atoms with Gasteiger partial charge in [-0.2, -0.15) is 0 Å². The fourth-order valence-electron chi connectivity index (χ4n) is 1.85. The second-order valence-electron chi connectivity index (χ2n) is 4.71. The molecular formula is C12H13F4NO2. The number of carboxylic acid groups (broad SMARTS) is 1. The van der Waals surface area contributed by atoms with Crippen LogP contribution in [0.4, 0.5) is 17.6 Å². The SMILES string of the molecule is CC(CC(C)(N)C(=O)O)c1c(F)c(F)cc(F)c1F. The number of aliphatic carboxylic acids is 1. The van der Waals surface area contributed by atoms with Crippen molar-refractivity contribution in [2.45, 2.75) is 31.7 Å². The van der Waals surface area contributed by atoms with Gasteiger partial charge in [0.1, 0.15) is 5.54 Å². The average molecular weight is 279 g/mol. The highest BCUT2D eigenvalue weighted by molar-refractivity contribution is 5.77. The van der Waals surface area contributed by atoms with E-state index in [0.717, 1.165) is 6.92 Å². The van der Waals surface area contributed by atoms with Crippen LogP contribution in [0.15, 0.2) is 6.07 Å². The first-order valence-corrected chi connectivity index (χ1v) is 5.43. The molecule has 1 rings (SSSR count). The highest BCUT2D eigenvalue weighted by Gasteiger charge is 2.33. The predicted octanol–water partition coefficient (Wildman–Crippen LogP) is 2.54. The van der Waals surface area contributed by atoms with Crippen LogP contribution in [0.5, 0.6) is 0 Å². The average Bonchev–Trinajstić information content (AvgIpc) is 2.25. The molecule has 0 fully saturated rings. The summed E-state index contributed by atoms with van der Waals surface area (Å²) < 4.78 is 53.1. The number of hydrogen-bond acceptors (Lipinski definition) is 2. The Hall–Kier alpha value is -1.63. The monoisotopic (exact) mass is 279 g/mol. The van der Waals surface area contributed by atoms with Crippen molar-refractivity contribution in [3.63, 3.8) is 0 Å². The minimum Gasteiger partial charge on any atom is -0.480 e. The molecule has 0 amide bonds. The van der Waals surface area contributed by atoms with Crippen LogP contribution in [0.2, 0.25) is 0 Å². The van der Waals surface area contributed by atoms with E-state index < -0.39 is 46.3 Å². The predicted molar refractivity (Wildman–Crippen MR) is 59.5 cm³/mol. The first-order valence-electron chi connectivity index (χ1n) is 5.43. The molecule has 0 bridgehead atoms. The van der Waals surface area contributed by atoms with E-state index in [1.807, 2.05) is 0 Å². The quantitative estimate of drug-likeness (QED) is 0.657. The first kappa shape index (κ1) is 15.4. The smallest absolute Gasteiger partial charge is 0.323 e. The zero-order valence-electron chi connectivity index (χ0n) is 10.3. The molecule has 0 aromatic heterocycles. The lowest BCUT2D eigenvalue weighted by molar-refractivity contribution is -0.143. The third-order valence-electron chi connectivity index (χ3n) is 2.86. The van der Waals surface area contributed by atoms with Gasteiger partial charge in [-0.05, 0) is 19.3 Å². The Kier molecular flexibility index (Phi) is 4.19. The molecule has 0 spiro atoms. The van der Waals surface area contributed by atoms with Crippen LogP contribution in [-0.4, -0.2) is 16.6 Å². The summed E-state index contributed by atoms with van der Waals surface area (Å²) in [6.07, 6.45) is -0.376. The van der Waals surface area contributed by atoms with Gasteiger partial charge >= 0.3 is 5.97 Å². The zero-order chi connectivity index (χ0) is 15.0. The summed E-state index contributed by atoms with van der Waals surface area (Å²) in [4.78, 5) is 10.8. The third kappa shape index (κ3) is 3.04. The second kappa shape index (κ2) is 5.16. The maximum atomic E-state index is 13.5. The van der Waals surface area contributed by atoms with Crippen LogP contribution >= 0.6 is 0 Å². The van der Waals surface area contributed by atoms with Gasteiger partial charge in [-0.25, -0.2) is 17.6 Å². The molecule has 2 atom stereocenters. The van der Waals surface area contributed by atoms with Gasteiger partial charge < -0.3 is 10.8 Å². The molecule has 7 heteroatoms. The molecule has 1 aromatic rings. The lowest BCUT2D eigenvalue weighted by Gasteiger charge is -2.24. The summed E-state index contributed by atoms with van der Waals surface area (Å²) in [5, 5.41) is 8.82. The Balaban J connectivity index is 3.21. The van der Waals surface area contributed by atoms with E-state index in [9.17, 15) is 22.4 Å². The van der Waals surface area contributed by atoms with E-state index in [4.69, 9.17) is 10.8 Å². The van der Waals surface area contributed by atoms with Crippen LogP contribution in [0.25, 0.3) is 0 Å². The van der Waals surface area contributed by atoms with E-state index in [1.165, 1.54) is 6.92 Å². The fraction of sp³-hybridized carbons (Fsp3) is 0.417. The van der Waals surface area contributed by atoms with Gasteiger partial charge in [0.25, 0.3) is 0 Å². The Morgan fingerprint density at radius 2 is 1.74 bits per heavy atom. The number of nitrogens with two attached hydrogens (primary N) is 1. The topological polar surface area (TPSA) is 63.3 Å². The van der Waals surface area contributed by atoms with E-state index >= 15 is 0 Å². The molecule has 3 N–H and O–H groups in total. The number of carbonyl (C=O) groups is 1. The van der Waals surface area contributed by atoms with Crippen molar-refractivity contribution in [1.29, 1.82) is 0 Å². The molecule has 0 radical (unpaired) electrons. The highest BCUT2D eigenvalue weighted by atomic mass is 19.2. The molecule has 2 unspecified atom stereocenters. The summed E-state index contributed by atoms with van der Waals surface area (Å²) >= 11 is 0. The van der Waals surface area contributed by atoms with Crippen molar-refractivity contribution >= 4 is 5.97 Å². The summed E-state index contributed by atoms with van der Waals surface area (Å²) in [5.74, 6) is -8.61. The fourth-order valence-corrected chi connectivity index (χ4v) is 1.85. The number of carboxylic acids is 1. The van der Waals surface area contributed by atoms with Crippen molar-refractivity contribution < 1.29 is 27.5 Å². The summed E-state index contributed by atoms with van der Waals surface area (Å²) in [6.45, 7) is 2.39. The lowest BCUT2D eigenvalue weighted by Crippen LogP contribution is -2.45. The van der Waals surface area contributed by atoms with Gasteiger partial charge in [-0.1, -0.05) is 6.92 Å². The van der Waals surface area contributed by atoms with Crippen molar-refractivity contribution in [3.8, 4) is 0 Å². The van der Waals surface area contributed by atoms with Crippen molar-refractivity contribution in [2.75, 3.05) is 0 Å². The second-order valence-corrected chi connectivity index (χ2v) is 4.71.